The average molecular weight is 488 g/mol. The lowest BCUT2D eigenvalue weighted by Crippen LogP contribution is -2.32. The third kappa shape index (κ3) is 6.51. The number of rotatable bonds is 12. The molecule has 7 nitrogen and oxygen atoms in total. The number of benzene rings is 2. The molecule has 1 saturated heterocycles. The van der Waals surface area contributed by atoms with Gasteiger partial charge < -0.3 is 15.0 Å². The first-order valence-corrected chi connectivity index (χ1v) is 13.7. The monoisotopic (exact) mass is 487 g/mol. The summed E-state index contributed by atoms with van der Waals surface area (Å²) in [5.74, 6) is 0.606. The number of hydrogen-bond acceptors (Lipinski definition) is 5. The maximum Gasteiger partial charge on any atom is 0.253 e. The Bertz CT molecular complexity index is 1040. The van der Waals surface area contributed by atoms with E-state index in [1.165, 1.54) is 15.9 Å². The highest BCUT2D eigenvalue weighted by atomic mass is 32.2. The number of carbonyl (C=O) groups excluding carboxylic acids is 1. The number of anilines is 1. The summed E-state index contributed by atoms with van der Waals surface area (Å²) in [6.45, 7) is 9.27. The number of hydrogen-bond donors (Lipinski definition) is 1. The van der Waals surface area contributed by atoms with Crippen LogP contribution in [0.2, 0.25) is 0 Å². The summed E-state index contributed by atoms with van der Waals surface area (Å²) in [6.07, 6.45) is 3.72. The maximum atomic E-state index is 13.1. The summed E-state index contributed by atoms with van der Waals surface area (Å²) < 4.78 is 33.2. The van der Waals surface area contributed by atoms with E-state index in [1.807, 2.05) is 45.0 Å². The van der Waals surface area contributed by atoms with Gasteiger partial charge in [-0.25, -0.2) is 8.42 Å². The zero-order valence-corrected chi connectivity index (χ0v) is 21.4. The van der Waals surface area contributed by atoms with Crippen LogP contribution in [0.25, 0.3) is 0 Å². The molecule has 0 aromatic heterocycles. The minimum absolute atomic E-state index is 0.163. The fourth-order valence-corrected chi connectivity index (χ4v) is 5.64. The molecule has 1 aliphatic heterocycles. The molecule has 34 heavy (non-hydrogen) atoms. The molecule has 0 radical (unpaired) electrons. The van der Waals surface area contributed by atoms with Gasteiger partial charge >= 0.3 is 0 Å². The van der Waals surface area contributed by atoms with E-state index in [9.17, 15) is 13.2 Å². The number of sulfonamides is 1. The van der Waals surface area contributed by atoms with Crippen molar-refractivity contribution in [3.8, 4) is 5.75 Å². The van der Waals surface area contributed by atoms with E-state index in [1.54, 1.807) is 12.1 Å². The van der Waals surface area contributed by atoms with Crippen LogP contribution in [0.3, 0.4) is 0 Å². The minimum Gasteiger partial charge on any atom is -0.494 e. The first kappa shape index (κ1) is 26.0. The molecule has 0 unspecified atom stereocenters. The molecule has 1 heterocycles. The summed E-state index contributed by atoms with van der Waals surface area (Å²) in [5.41, 5.74) is 2.42. The number of unbranched alkanes of at least 4 members (excludes halogenated alkanes) is 1. The lowest BCUT2D eigenvalue weighted by atomic mass is 10.1. The van der Waals surface area contributed by atoms with Crippen LogP contribution in [0.1, 0.15) is 55.5 Å². The summed E-state index contributed by atoms with van der Waals surface area (Å²) >= 11 is 0. The van der Waals surface area contributed by atoms with Gasteiger partial charge in [-0.1, -0.05) is 31.5 Å². The van der Waals surface area contributed by atoms with Crippen molar-refractivity contribution in [2.24, 2.45) is 0 Å². The van der Waals surface area contributed by atoms with Crippen molar-refractivity contribution >= 4 is 21.6 Å². The summed E-state index contributed by atoms with van der Waals surface area (Å²) in [5, 5.41) is 2.98. The second-order valence-electron chi connectivity index (χ2n) is 8.59. The molecular weight excluding hydrogens is 450 g/mol. The Morgan fingerprint density at radius 3 is 2.35 bits per heavy atom. The predicted molar refractivity (Wildman–Crippen MR) is 136 cm³/mol. The standard InChI is InChI=1S/C26H37N3O4S/c1-4-29(5-2)34(31,32)23-14-15-25(28-17-7-8-18-28)24(20-23)26(30)27-16-6-9-19-33-22-12-10-21(3)11-13-22/h10-15,20H,4-9,16-19H2,1-3H3,(H,27,30). The van der Waals surface area contributed by atoms with Gasteiger partial charge in [-0.3, -0.25) is 4.79 Å². The molecular formula is C26H37N3O4S. The third-order valence-electron chi connectivity index (χ3n) is 6.15. The van der Waals surface area contributed by atoms with Crippen molar-refractivity contribution < 1.29 is 17.9 Å². The number of aryl methyl sites for hydroxylation is 1. The van der Waals surface area contributed by atoms with Gasteiger partial charge in [0, 0.05) is 38.4 Å². The molecule has 1 fully saturated rings. The van der Waals surface area contributed by atoms with Gasteiger partial charge in [0.1, 0.15) is 5.75 Å². The maximum absolute atomic E-state index is 13.1. The Balaban J connectivity index is 1.64. The van der Waals surface area contributed by atoms with Crippen molar-refractivity contribution in [1.82, 2.24) is 9.62 Å². The van der Waals surface area contributed by atoms with Gasteiger partial charge in [0.05, 0.1) is 17.1 Å². The van der Waals surface area contributed by atoms with Gasteiger partial charge in [0.2, 0.25) is 10.0 Å². The average Bonchev–Trinajstić information content (AvgIpc) is 3.37. The van der Waals surface area contributed by atoms with Crippen molar-refractivity contribution in [3.05, 3.63) is 53.6 Å². The Labute approximate surface area is 204 Å². The fourth-order valence-electron chi connectivity index (χ4n) is 4.15. The molecule has 0 bridgehead atoms. The van der Waals surface area contributed by atoms with Gasteiger partial charge in [0.15, 0.2) is 0 Å². The summed E-state index contributed by atoms with van der Waals surface area (Å²) in [7, 11) is -3.64. The van der Waals surface area contributed by atoms with Crippen LogP contribution in [-0.2, 0) is 10.0 Å². The zero-order chi connectivity index (χ0) is 24.6. The van der Waals surface area contributed by atoms with E-state index < -0.39 is 10.0 Å². The molecule has 2 aromatic rings. The molecule has 8 heteroatoms. The van der Waals surface area contributed by atoms with Gasteiger partial charge in [-0.05, 0) is 62.9 Å². The van der Waals surface area contributed by atoms with Crippen molar-refractivity contribution in [1.29, 1.82) is 0 Å². The van der Waals surface area contributed by atoms with Crippen LogP contribution >= 0.6 is 0 Å². The van der Waals surface area contributed by atoms with E-state index in [0.29, 0.717) is 31.8 Å². The number of amides is 1. The SMILES string of the molecule is CCN(CC)S(=O)(=O)c1ccc(N2CCCC2)c(C(=O)NCCCCOc2ccc(C)cc2)c1. The smallest absolute Gasteiger partial charge is 0.253 e. The summed E-state index contributed by atoms with van der Waals surface area (Å²) in [4.78, 5) is 15.4. The minimum atomic E-state index is -3.64. The molecule has 3 rings (SSSR count). The Kier molecular flexibility index (Phi) is 9.36. The molecule has 1 amide bonds. The largest absolute Gasteiger partial charge is 0.494 e. The Morgan fingerprint density at radius 1 is 1.03 bits per heavy atom. The molecule has 0 atom stereocenters. The lowest BCUT2D eigenvalue weighted by Gasteiger charge is -2.23. The highest BCUT2D eigenvalue weighted by Crippen LogP contribution is 2.28. The second-order valence-corrected chi connectivity index (χ2v) is 10.5. The number of carbonyl (C=O) groups is 1. The number of ether oxygens (including phenoxy) is 1. The first-order valence-electron chi connectivity index (χ1n) is 12.2. The molecule has 0 aliphatic carbocycles. The van der Waals surface area contributed by atoms with Gasteiger partial charge in [-0.2, -0.15) is 4.31 Å². The molecule has 1 aliphatic rings. The van der Waals surface area contributed by atoms with Crippen LogP contribution in [-0.4, -0.2) is 58.0 Å². The highest BCUT2D eigenvalue weighted by molar-refractivity contribution is 7.89. The van der Waals surface area contributed by atoms with E-state index in [0.717, 1.165) is 50.2 Å². The zero-order valence-electron chi connectivity index (χ0n) is 20.5. The van der Waals surface area contributed by atoms with Crippen molar-refractivity contribution in [2.45, 2.75) is 51.3 Å². The second kappa shape index (κ2) is 12.2. The molecule has 2 aromatic carbocycles. The molecule has 0 spiro atoms. The summed E-state index contributed by atoms with van der Waals surface area (Å²) in [6, 6.07) is 12.9. The Hall–Kier alpha value is -2.58. The van der Waals surface area contributed by atoms with E-state index in [-0.39, 0.29) is 10.8 Å². The molecule has 1 N–H and O–H groups in total. The van der Waals surface area contributed by atoms with Gasteiger partial charge in [-0.15, -0.1) is 0 Å². The van der Waals surface area contributed by atoms with E-state index in [4.69, 9.17) is 4.74 Å². The van der Waals surface area contributed by atoms with Crippen molar-refractivity contribution in [2.75, 3.05) is 44.2 Å². The van der Waals surface area contributed by atoms with E-state index in [2.05, 4.69) is 10.2 Å². The number of nitrogens with one attached hydrogen (secondary N) is 1. The van der Waals surface area contributed by atoms with Crippen LogP contribution in [0.5, 0.6) is 5.75 Å². The molecule has 186 valence electrons. The number of nitrogens with zero attached hydrogens (tertiary/aromatic N) is 2. The van der Waals surface area contributed by atoms with Crippen molar-refractivity contribution in [3.63, 3.8) is 0 Å². The predicted octanol–water partition coefficient (Wildman–Crippen LogP) is 4.21. The third-order valence-corrected chi connectivity index (χ3v) is 8.19. The normalized spacial score (nSPS) is 13.9. The molecule has 0 saturated carbocycles. The quantitative estimate of drug-likeness (QED) is 0.454. The van der Waals surface area contributed by atoms with Gasteiger partial charge in [0.25, 0.3) is 5.91 Å². The highest BCUT2D eigenvalue weighted by Gasteiger charge is 2.26. The Morgan fingerprint density at radius 2 is 1.71 bits per heavy atom. The van der Waals surface area contributed by atoms with E-state index >= 15 is 0 Å². The van der Waals surface area contributed by atoms with Crippen LogP contribution in [0, 0.1) is 6.92 Å². The lowest BCUT2D eigenvalue weighted by molar-refractivity contribution is 0.0952. The van der Waals surface area contributed by atoms with Crippen LogP contribution in [0.4, 0.5) is 5.69 Å². The van der Waals surface area contributed by atoms with Crippen LogP contribution < -0.4 is 15.0 Å². The first-order chi connectivity index (χ1) is 16.4. The fraction of sp³-hybridized carbons (Fsp3) is 0.500. The van der Waals surface area contributed by atoms with Crippen LogP contribution in [0.15, 0.2) is 47.4 Å². The topological polar surface area (TPSA) is 79.0 Å².